The first-order chi connectivity index (χ1) is 13.5. The van der Waals surface area contributed by atoms with E-state index >= 15 is 0 Å². The predicted octanol–water partition coefficient (Wildman–Crippen LogP) is 1.74. The molecule has 154 valence electrons. The Bertz CT molecular complexity index is 727. The van der Waals surface area contributed by atoms with Crippen molar-refractivity contribution in [1.29, 1.82) is 0 Å². The molecule has 9 heteroatoms. The van der Waals surface area contributed by atoms with Gasteiger partial charge in [0.05, 0.1) is 6.61 Å². The molecule has 3 N–H and O–H groups in total. The standard InChI is InChI=1S/C19H26F2N4O3/c1-2-24(12-3-4-12)16(10-22)19(27)23-15-6-5-13(9-14(15)18(20)21)25-7-8-28-11-17(25)26/h5-6,9,12,16,18H,2-4,7-8,10-11,22H2,1H3,(H,23,27)/t16-/m0/s1. The number of ether oxygens (including phenoxy) is 1. The summed E-state index contributed by atoms with van der Waals surface area (Å²) in [6, 6.07) is 3.98. The average molecular weight is 396 g/mol. The number of carbonyl (C=O) groups excluding carboxylic acids is 2. The number of benzene rings is 1. The van der Waals surface area contributed by atoms with Gasteiger partial charge in [-0.2, -0.15) is 0 Å². The smallest absolute Gasteiger partial charge is 0.265 e. The molecule has 1 atom stereocenters. The van der Waals surface area contributed by atoms with E-state index in [1.807, 2.05) is 11.8 Å². The quantitative estimate of drug-likeness (QED) is 0.699. The number of hydrogen-bond acceptors (Lipinski definition) is 5. The molecule has 3 rings (SSSR count). The van der Waals surface area contributed by atoms with Crippen LogP contribution in [0.2, 0.25) is 0 Å². The van der Waals surface area contributed by atoms with Gasteiger partial charge in [-0.1, -0.05) is 6.92 Å². The summed E-state index contributed by atoms with van der Waals surface area (Å²) >= 11 is 0. The lowest BCUT2D eigenvalue weighted by molar-refractivity contribution is -0.125. The maximum Gasteiger partial charge on any atom is 0.265 e. The first-order valence-corrected chi connectivity index (χ1v) is 9.53. The Balaban J connectivity index is 1.80. The van der Waals surface area contributed by atoms with Crippen LogP contribution in [0.3, 0.4) is 0 Å². The summed E-state index contributed by atoms with van der Waals surface area (Å²) in [4.78, 5) is 28.1. The van der Waals surface area contributed by atoms with E-state index in [4.69, 9.17) is 10.5 Å². The van der Waals surface area contributed by atoms with Gasteiger partial charge in [0, 0.05) is 36.1 Å². The highest BCUT2D eigenvalue weighted by Crippen LogP contribution is 2.33. The molecule has 0 spiro atoms. The number of carbonyl (C=O) groups is 2. The van der Waals surface area contributed by atoms with Crippen LogP contribution < -0.4 is 16.0 Å². The molecule has 1 aromatic rings. The zero-order valence-corrected chi connectivity index (χ0v) is 15.9. The molecular formula is C19H26F2N4O3. The van der Waals surface area contributed by atoms with E-state index in [9.17, 15) is 18.4 Å². The fourth-order valence-electron chi connectivity index (χ4n) is 3.55. The van der Waals surface area contributed by atoms with Gasteiger partial charge in [-0.25, -0.2) is 8.78 Å². The van der Waals surface area contributed by atoms with Gasteiger partial charge in [0.15, 0.2) is 0 Å². The fourth-order valence-corrected chi connectivity index (χ4v) is 3.55. The minimum absolute atomic E-state index is 0.0368. The molecule has 1 aliphatic heterocycles. The highest BCUT2D eigenvalue weighted by Gasteiger charge is 2.36. The molecule has 28 heavy (non-hydrogen) atoms. The SMILES string of the molecule is CCN(C1CC1)[C@@H](CN)C(=O)Nc1ccc(N2CCOCC2=O)cc1C(F)F. The summed E-state index contributed by atoms with van der Waals surface area (Å²) in [7, 11) is 0. The van der Waals surface area contributed by atoms with E-state index in [1.54, 1.807) is 6.07 Å². The first kappa shape index (κ1) is 20.6. The first-order valence-electron chi connectivity index (χ1n) is 9.53. The van der Waals surface area contributed by atoms with Crippen LogP contribution in [0.15, 0.2) is 18.2 Å². The van der Waals surface area contributed by atoms with Gasteiger partial charge in [-0.15, -0.1) is 0 Å². The van der Waals surface area contributed by atoms with E-state index in [-0.39, 0.29) is 30.3 Å². The van der Waals surface area contributed by atoms with Crippen molar-refractivity contribution in [2.24, 2.45) is 5.73 Å². The summed E-state index contributed by atoms with van der Waals surface area (Å²) in [5, 5.41) is 2.61. The molecule has 1 heterocycles. The maximum atomic E-state index is 13.7. The third kappa shape index (κ3) is 4.48. The Morgan fingerprint density at radius 1 is 1.43 bits per heavy atom. The number of alkyl halides is 2. The van der Waals surface area contributed by atoms with E-state index in [2.05, 4.69) is 5.32 Å². The number of nitrogens with zero attached hydrogens (tertiary/aromatic N) is 2. The lowest BCUT2D eigenvalue weighted by atomic mass is 10.1. The van der Waals surface area contributed by atoms with Crippen molar-refractivity contribution in [3.8, 4) is 0 Å². The Labute approximate surface area is 162 Å². The number of nitrogens with one attached hydrogen (secondary N) is 1. The van der Waals surface area contributed by atoms with E-state index in [1.165, 1.54) is 17.0 Å². The second-order valence-corrected chi connectivity index (χ2v) is 6.97. The fraction of sp³-hybridized carbons (Fsp3) is 0.579. The molecule has 0 bridgehead atoms. The Hall–Kier alpha value is -2.10. The molecule has 2 fully saturated rings. The van der Waals surface area contributed by atoms with Crippen molar-refractivity contribution in [1.82, 2.24) is 4.90 Å². The average Bonchev–Trinajstić information content (AvgIpc) is 3.51. The lowest BCUT2D eigenvalue weighted by Crippen LogP contribution is -2.49. The zero-order valence-electron chi connectivity index (χ0n) is 15.9. The number of hydrogen-bond donors (Lipinski definition) is 2. The molecule has 1 saturated heterocycles. The van der Waals surface area contributed by atoms with Crippen LogP contribution in [-0.4, -0.2) is 61.6 Å². The van der Waals surface area contributed by atoms with Gasteiger partial charge in [0.25, 0.3) is 12.3 Å². The maximum absolute atomic E-state index is 13.7. The summed E-state index contributed by atoms with van der Waals surface area (Å²) in [5.41, 5.74) is 5.88. The number of morpholine rings is 1. The molecule has 0 radical (unpaired) electrons. The van der Waals surface area contributed by atoms with Crippen LogP contribution in [-0.2, 0) is 14.3 Å². The van der Waals surface area contributed by atoms with Gasteiger partial charge in [0.2, 0.25) is 5.91 Å². The van der Waals surface area contributed by atoms with Crippen LogP contribution in [0.5, 0.6) is 0 Å². The van der Waals surface area contributed by atoms with Crippen molar-refractivity contribution in [3.05, 3.63) is 23.8 Å². The molecule has 1 saturated carbocycles. The van der Waals surface area contributed by atoms with Crippen molar-refractivity contribution < 1.29 is 23.1 Å². The largest absolute Gasteiger partial charge is 0.370 e. The lowest BCUT2D eigenvalue weighted by Gasteiger charge is -2.29. The molecule has 2 amide bonds. The Kier molecular flexibility index (Phi) is 6.58. The number of likely N-dealkylation sites (N-methyl/N-ethyl adjacent to an activating group) is 1. The van der Waals surface area contributed by atoms with Crippen LogP contribution in [0.4, 0.5) is 20.2 Å². The highest BCUT2D eigenvalue weighted by atomic mass is 19.3. The summed E-state index contributed by atoms with van der Waals surface area (Å²) in [6.07, 6.45) is -0.766. The normalized spacial score (nSPS) is 18.6. The zero-order chi connectivity index (χ0) is 20.3. The Morgan fingerprint density at radius 2 is 2.18 bits per heavy atom. The Morgan fingerprint density at radius 3 is 2.75 bits per heavy atom. The minimum atomic E-state index is -2.80. The van der Waals surface area contributed by atoms with E-state index in [0.29, 0.717) is 31.4 Å². The van der Waals surface area contributed by atoms with Gasteiger partial charge in [-0.05, 0) is 37.6 Å². The van der Waals surface area contributed by atoms with Crippen LogP contribution in [0.1, 0.15) is 31.8 Å². The van der Waals surface area contributed by atoms with Gasteiger partial charge in [-0.3, -0.25) is 14.5 Å². The molecule has 1 aliphatic carbocycles. The van der Waals surface area contributed by atoms with E-state index < -0.39 is 18.4 Å². The molecular weight excluding hydrogens is 370 g/mol. The molecule has 2 aliphatic rings. The molecule has 0 aromatic heterocycles. The number of anilines is 2. The van der Waals surface area contributed by atoms with Crippen LogP contribution in [0.25, 0.3) is 0 Å². The van der Waals surface area contributed by atoms with Crippen molar-refractivity contribution >= 4 is 23.2 Å². The number of halogens is 2. The van der Waals surface area contributed by atoms with Crippen molar-refractivity contribution in [2.75, 3.05) is 43.1 Å². The van der Waals surface area contributed by atoms with Gasteiger partial charge in [0.1, 0.15) is 12.6 Å². The third-order valence-corrected chi connectivity index (χ3v) is 5.13. The summed E-state index contributed by atoms with van der Waals surface area (Å²) < 4.78 is 32.4. The monoisotopic (exact) mass is 396 g/mol. The topological polar surface area (TPSA) is 87.9 Å². The minimum Gasteiger partial charge on any atom is -0.370 e. The van der Waals surface area contributed by atoms with Gasteiger partial charge < -0.3 is 20.7 Å². The van der Waals surface area contributed by atoms with E-state index in [0.717, 1.165) is 12.8 Å². The molecule has 0 unspecified atom stereocenters. The summed E-state index contributed by atoms with van der Waals surface area (Å²) in [5.74, 6) is -0.678. The molecule has 7 nitrogen and oxygen atoms in total. The van der Waals surface area contributed by atoms with Crippen LogP contribution in [0, 0.1) is 0 Å². The highest BCUT2D eigenvalue weighted by molar-refractivity contribution is 5.97. The summed E-state index contributed by atoms with van der Waals surface area (Å²) in [6.45, 7) is 3.30. The second-order valence-electron chi connectivity index (χ2n) is 6.97. The van der Waals surface area contributed by atoms with Crippen molar-refractivity contribution in [3.63, 3.8) is 0 Å². The van der Waals surface area contributed by atoms with Crippen LogP contribution >= 0.6 is 0 Å². The number of rotatable bonds is 8. The molecule has 1 aromatic carbocycles. The van der Waals surface area contributed by atoms with Crippen molar-refractivity contribution in [2.45, 2.75) is 38.3 Å². The third-order valence-electron chi connectivity index (χ3n) is 5.13. The number of amides is 2. The number of nitrogens with two attached hydrogens (primary N) is 1. The van der Waals surface area contributed by atoms with Gasteiger partial charge >= 0.3 is 0 Å². The predicted molar refractivity (Wildman–Crippen MR) is 101 cm³/mol. The second kappa shape index (κ2) is 8.93.